The number of pyridine rings is 1. The molecule has 1 saturated heterocycles. The molecule has 1 N–H and O–H groups in total. The summed E-state index contributed by atoms with van der Waals surface area (Å²) in [4.78, 5) is 18.4. The van der Waals surface area contributed by atoms with E-state index in [4.69, 9.17) is 4.74 Å². The van der Waals surface area contributed by atoms with E-state index in [1.807, 2.05) is 24.0 Å². The van der Waals surface area contributed by atoms with Crippen LogP contribution in [0.3, 0.4) is 0 Å². The van der Waals surface area contributed by atoms with Crippen molar-refractivity contribution in [3.05, 3.63) is 24.0 Å². The number of anilines is 1. The van der Waals surface area contributed by atoms with Gasteiger partial charge in [-0.15, -0.1) is 0 Å². The van der Waals surface area contributed by atoms with E-state index in [1.54, 1.807) is 13.3 Å². The monoisotopic (exact) mass is 263 g/mol. The molecule has 1 unspecified atom stereocenters. The molecule has 1 atom stereocenters. The number of aromatic nitrogens is 1. The Morgan fingerprint density at radius 1 is 1.63 bits per heavy atom. The fraction of sp³-hybridized carbons (Fsp3) is 0.571. The normalized spacial score (nSPS) is 18.6. The first-order valence-electron chi connectivity index (χ1n) is 6.72. The first kappa shape index (κ1) is 13.8. The lowest BCUT2D eigenvalue weighted by atomic mass is 10.1. The lowest BCUT2D eigenvalue weighted by Gasteiger charge is -2.16. The highest BCUT2D eigenvalue weighted by molar-refractivity contribution is 5.93. The maximum absolute atomic E-state index is 12.3. The predicted molar refractivity (Wildman–Crippen MR) is 74.3 cm³/mol. The quantitative estimate of drug-likeness (QED) is 0.877. The third kappa shape index (κ3) is 3.44. The van der Waals surface area contributed by atoms with Crippen LogP contribution in [0.2, 0.25) is 0 Å². The lowest BCUT2D eigenvalue weighted by molar-refractivity contribution is 0.0770. The molecule has 1 aromatic heterocycles. The number of ether oxygens (including phenoxy) is 1. The highest BCUT2D eigenvalue weighted by Gasteiger charge is 2.27. The smallest absolute Gasteiger partial charge is 0.272 e. The average Bonchev–Trinajstić information content (AvgIpc) is 2.88. The fourth-order valence-corrected chi connectivity index (χ4v) is 2.41. The van der Waals surface area contributed by atoms with Gasteiger partial charge in [0, 0.05) is 44.5 Å². The maximum atomic E-state index is 12.3. The number of rotatable bonds is 5. The Balaban J connectivity index is 2.01. The van der Waals surface area contributed by atoms with Crippen molar-refractivity contribution in [1.29, 1.82) is 0 Å². The zero-order chi connectivity index (χ0) is 13.7. The molecule has 2 rings (SSSR count). The van der Waals surface area contributed by atoms with Gasteiger partial charge in [0.25, 0.3) is 5.91 Å². The Hall–Kier alpha value is -1.62. The Morgan fingerprint density at radius 2 is 2.47 bits per heavy atom. The van der Waals surface area contributed by atoms with Crippen LogP contribution in [0.5, 0.6) is 0 Å². The Morgan fingerprint density at radius 3 is 3.21 bits per heavy atom. The van der Waals surface area contributed by atoms with Gasteiger partial charge >= 0.3 is 0 Å². The average molecular weight is 263 g/mol. The summed E-state index contributed by atoms with van der Waals surface area (Å²) in [6.07, 6.45) is 2.68. The zero-order valence-electron chi connectivity index (χ0n) is 11.6. The fourth-order valence-electron chi connectivity index (χ4n) is 2.41. The summed E-state index contributed by atoms with van der Waals surface area (Å²) >= 11 is 0. The number of carbonyl (C=O) groups excluding carboxylic acids is 1. The number of hydrogen-bond donors (Lipinski definition) is 1. The van der Waals surface area contributed by atoms with Crippen LogP contribution in [0.15, 0.2) is 18.3 Å². The topological polar surface area (TPSA) is 54.5 Å². The SMILES string of the molecule is CCNc1ccnc(C(=O)N2CCC(COC)C2)c1. The van der Waals surface area contributed by atoms with Crippen LogP contribution in [-0.2, 0) is 4.74 Å². The second-order valence-electron chi connectivity index (χ2n) is 4.82. The molecule has 104 valence electrons. The molecule has 1 amide bonds. The second-order valence-corrected chi connectivity index (χ2v) is 4.82. The molecule has 5 nitrogen and oxygen atoms in total. The van der Waals surface area contributed by atoms with Crippen LogP contribution in [0.1, 0.15) is 23.8 Å². The summed E-state index contributed by atoms with van der Waals surface area (Å²) in [5.41, 5.74) is 1.45. The van der Waals surface area contributed by atoms with Gasteiger partial charge in [-0.05, 0) is 25.5 Å². The van der Waals surface area contributed by atoms with Crippen molar-refractivity contribution in [2.75, 3.05) is 38.7 Å². The van der Waals surface area contributed by atoms with Crippen molar-refractivity contribution < 1.29 is 9.53 Å². The van der Waals surface area contributed by atoms with Crippen LogP contribution in [0.25, 0.3) is 0 Å². The van der Waals surface area contributed by atoms with Gasteiger partial charge in [0.05, 0.1) is 6.61 Å². The van der Waals surface area contributed by atoms with E-state index in [0.29, 0.717) is 18.2 Å². The predicted octanol–water partition coefficient (Wildman–Crippen LogP) is 1.62. The van der Waals surface area contributed by atoms with Gasteiger partial charge < -0.3 is 15.0 Å². The molecule has 1 fully saturated rings. The third-order valence-corrected chi connectivity index (χ3v) is 3.34. The summed E-state index contributed by atoms with van der Waals surface area (Å²) in [5, 5.41) is 3.19. The molecule has 0 saturated carbocycles. The lowest BCUT2D eigenvalue weighted by Crippen LogP contribution is -2.30. The van der Waals surface area contributed by atoms with Crippen molar-refractivity contribution in [2.24, 2.45) is 5.92 Å². The minimum atomic E-state index is 0.0124. The Kier molecular flexibility index (Phi) is 4.74. The molecule has 0 aliphatic carbocycles. The molecule has 19 heavy (non-hydrogen) atoms. The van der Waals surface area contributed by atoms with Crippen molar-refractivity contribution in [2.45, 2.75) is 13.3 Å². The summed E-state index contributed by atoms with van der Waals surface area (Å²) in [7, 11) is 1.70. The summed E-state index contributed by atoms with van der Waals surface area (Å²) in [6.45, 7) is 5.13. The molecule has 1 aromatic rings. The molecule has 1 aliphatic rings. The van der Waals surface area contributed by atoms with Gasteiger partial charge in [-0.1, -0.05) is 0 Å². The number of nitrogens with one attached hydrogen (secondary N) is 1. The van der Waals surface area contributed by atoms with E-state index >= 15 is 0 Å². The first-order chi connectivity index (χ1) is 9.24. The second kappa shape index (κ2) is 6.52. The van der Waals surface area contributed by atoms with Crippen LogP contribution in [-0.4, -0.2) is 49.1 Å². The van der Waals surface area contributed by atoms with Crippen LogP contribution in [0.4, 0.5) is 5.69 Å². The number of hydrogen-bond acceptors (Lipinski definition) is 4. The van der Waals surface area contributed by atoms with Gasteiger partial charge in [0.2, 0.25) is 0 Å². The van der Waals surface area contributed by atoms with Gasteiger partial charge in [0.1, 0.15) is 5.69 Å². The van der Waals surface area contributed by atoms with E-state index in [1.165, 1.54) is 0 Å². The van der Waals surface area contributed by atoms with E-state index < -0.39 is 0 Å². The van der Waals surface area contributed by atoms with E-state index in [-0.39, 0.29) is 5.91 Å². The van der Waals surface area contributed by atoms with Crippen molar-refractivity contribution in [3.8, 4) is 0 Å². The van der Waals surface area contributed by atoms with Gasteiger partial charge in [-0.2, -0.15) is 0 Å². The van der Waals surface area contributed by atoms with E-state index in [9.17, 15) is 4.79 Å². The molecule has 0 radical (unpaired) electrons. The molecule has 5 heteroatoms. The van der Waals surface area contributed by atoms with Gasteiger partial charge in [0.15, 0.2) is 0 Å². The van der Waals surface area contributed by atoms with Crippen LogP contribution in [0, 0.1) is 5.92 Å². The molecule has 0 aromatic carbocycles. The van der Waals surface area contributed by atoms with Crippen LogP contribution >= 0.6 is 0 Å². The first-order valence-corrected chi connectivity index (χ1v) is 6.72. The van der Waals surface area contributed by atoms with E-state index in [0.717, 1.165) is 31.7 Å². The zero-order valence-corrected chi connectivity index (χ0v) is 11.6. The Bertz CT molecular complexity index is 436. The molecule has 0 bridgehead atoms. The highest BCUT2D eigenvalue weighted by atomic mass is 16.5. The minimum absolute atomic E-state index is 0.0124. The van der Waals surface area contributed by atoms with Gasteiger partial charge in [-0.3, -0.25) is 9.78 Å². The standard InChI is InChI=1S/C14H21N3O2/c1-3-15-12-4-6-16-13(8-12)14(18)17-7-5-11(9-17)10-19-2/h4,6,8,11H,3,5,7,9-10H2,1-2H3,(H,15,16). The maximum Gasteiger partial charge on any atom is 0.272 e. The number of methoxy groups -OCH3 is 1. The minimum Gasteiger partial charge on any atom is -0.385 e. The molecular weight excluding hydrogens is 242 g/mol. The molecular formula is C14H21N3O2. The largest absolute Gasteiger partial charge is 0.385 e. The van der Waals surface area contributed by atoms with Crippen molar-refractivity contribution in [1.82, 2.24) is 9.88 Å². The van der Waals surface area contributed by atoms with Crippen molar-refractivity contribution in [3.63, 3.8) is 0 Å². The van der Waals surface area contributed by atoms with E-state index in [2.05, 4.69) is 10.3 Å². The third-order valence-electron chi connectivity index (χ3n) is 3.34. The van der Waals surface area contributed by atoms with Gasteiger partial charge in [-0.25, -0.2) is 0 Å². The Labute approximate surface area is 114 Å². The molecule has 0 spiro atoms. The summed E-state index contributed by atoms with van der Waals surface area (Å²) < 4.78 is 5.15. The number of carbonyl (C=O) groups is 1. The molecule has 1 aliphatic heterocycles. The summed E-state index contributed by atoms with van der Waals surface area (Å²) in [5.74, 6) is 0.462. The number of amides is 1. The van der Waals surface area contributed by atoms with Crippen LogP contribution < -0.4 is 5.32 Å². The van der Waals surface area contributed by atoms with Crippen molar-refractivity contribution >= 4 is 11.6 Å². The molecule has 2 heterocycles. The number of likely N-dealkylation sites (tertiary alicyclic amines) is 1. The summed E-state index contributed by atoms with van der Waals surface area (Å²) in [6, 6.07) is 3.69. The highest BCUT2D eigenvalue weighted by Crippen LogP contribution is 2.19. The number of nitrogens with zero attached hydrogens (tertiary/aromatic N) is 2.